The molecule has 0 radical (unpaired) electrons. The predicted molar refractivity (Wildman–Crippen MR) is 115 cm³/mol. The standard InChI is InChI=1S/C23H28N4O3/c1-4-29-21-8-5-6-9-22(21)30-15-7-10-23(28)26(3)18(2)19-11-13-20(14-12-19)27-17-24-16-25-27/h5-6,8-9,11-14,16-18H,4,7,10,15H2,1-3H3/t18-/m0/s1. The van der Waals surface area contributed by atoms with Crippen LogP contribution in [0, 0.1) is 0 Å². The summed E-state index contributed by atoms with van der Waals surface area (Å²) in [6.45, 7) is 5.01. The summed E-state index contributed by atoms with van der Waals surface area (Å²) in [4.78, 5) is 18.4. The molecule has 7 nitrogen and oxygen atoms in total. The molecule has 3 aromatic rings. The topological polar surface area (TPSA) is 69.5 Å². The van der Waals surface area contributed by atoms with Gasteiger partial charge in [-0.2, -0.15) is 5.10 Å². The van der Waals surface area contributed by atoms with E-state index in [9.17, 15) is 4.79 Å². The van der Waals surface area contributed by atoms with Gasteiger partial charge in [0, 0.05) is 13.5 Å². The first-order valence-corrected chi connectivity index (χ1v) is 10.2. The lowest BCUT2D eigenvalue weighted by Crippen LogP contribution is -2.29. The zero-order valence-corrected chi connectivity index (χ0v) is 17.7. The van der Waals surface area contributed by atoms with Crippen LogP contribution < -0.4 is 9.47 Å². The predicted octanol–water partition coefficient (Wildman–Crippen LogP) is 4.04. The van der Waals surface area contributed by atoms with E-state index >= 15 is 0 Å². The Morgan fingerprint density at radius 2 is 1.80 bits per heavy atom. The highest BCUT2D eigenvalue weighted by Gasteiger charge is 2.17. The number of benzene rings is 2. The Labute approximate surface area is 177 Å². The van der Waals surface area contributed by atoms with Gasteiger partial charge in [-0.25, -0.2) is 9.67 Å². The minimum atomic E-state index is -0.0260. The van der Waals surface area contributed by atoms with E-state index in [1.54, 1.807) is 15.9 Å². The van der Waals surface area contributed by atoms with Gasteiger partial charge < -0.3 is 14.4 Å². The van der Waals surface area contributed by atoms with Crippen molar-refractivity contribution in [2.75, 3.05) is 20.3 Å². The summed E-state index contributed by atoms with van der Waals surface area (Å²) in [6, 6.07) is 15.5. The average Bonchev–Trinajstić information content (AvgIpc) is 3.32. The first-order valence-electron chi connectivity index (χ1n) is 10.2. The Morgan fingerprint density at radius 1 is 1.10 bits per heavy atom. The van der Waals surface area contributed by atoms with Crippen LogP contribution in [-0.4, -0.2) is 45.8 Å². The fourth-order valence-corrected chi connectivity index (χ4v) is 3.11. The van der Waals surface area contributed by atoms with E-state index in [1.165, 1.54) is 6.33 Å². The van der Waals surface area contributed by atoms with Crippen LogP contribution in [0.25, 0.3) is 5.69 Å². The summed E-state index contributed by atoms with van der Waals surface area (Å²) in [5.41, 5.74) is 2.00. The number of hydrogen-bond donors (Lipinski definition) is 0. The number of carbonyl (C=O) groups excluding carboxylic acids is 1. The maximum atomic E-state index is 12.6. The van der Waals surface area contributed by atoms with E-state index in [1.807, 2.05) is 69.4 Å². The van der Waals surface area contributed by atoms with E-state index in [0.29, 0.717) is 31.8 Å². The molecule has 0 unspecified atom stereocenters. The molecule has 158 valence electrons. The highest BCUT2D eigenvalue weighted by atomic mass is 16.5. The Bertz CT molecular complexity index is 926. The second kappa shape index (κ2) is 10.4. The zero-order valence-electron chi connectivity index (χ0n) is 17.7. The summed E-state index contributed by atoms with van der Waals surface area (Å²) >= 11 is 0. The van der Waals surface area contributed by atoms with Gasteiger partial charge in [0.05, 0.1) is 24.9 Å². The molecular weight excluding hydrogens is 380 g/mol. The van der Waals surface area contributed by atoms with Gasteiger partial charge >= 0.3 is 0 Å². The second-order valence-corrected chi connectivity index (χ2v) is 6.94. The fourth-order valence-electron chi connectivity index (χ4n) is 3.11. The molecule has 0 saturated heterocycles. The smallest absolute Gasteiger partial charge is 0.222 e. The summed E-state index contributed by atoms with van der Waals surface area (Å²) in [5, 5.41) is 4.12. The molecular formula is C23H28N4O3. The van der Waals surface area contributed by atoms with Crippen LogP contribution in [0.1, 0.15) is 38.3 Å². The van der Waals surface area contributed by atoms with Crippen LogP contribution in [0.2, 0.25) is 0 Å². The van der Waals surface area contributed by atoms with E-state index in [2.05, 4.69) is 10.1 Å². The van der Waals surface area contributed by atoms with Gasteiger partial charge in [-0.3, -0.25) is 4.79 Å². The highest BCUT2D eigenvalue weighted by molar-refractivity contribution is 5.76. The summed E-state index contributed by atoms with van der Waals surface area (Å²) < 4.78 is 13.1. The molecule has 0 bridgehead atoms. The lowest BCUT2D eigenvalue weighted by molar-refractivity contribution is -0.132. The van der Waals surface area contributed by atoms with E-state index in [-0.39, 0.29) is 11.9 Å². The number of nitrogens with zero attached hydrogens (tertiary/aromatic N) is 4. The Hall–Kier alpha value is -3.35. The first kappa shape index (κ1) is 21.4. The van der Waals surface area contributed by atoms with Crippen molar-refractivity contribution in [2.45, 2.75) is 32.7 Å². The number of rotatable bonds is 10. The SMILES string of the molecule is CCOc1ccccc1OCCCC(=O)N(C)[C@@H](C)c1ccc(-n2cncn2)cc1. The monoisotopic (exact) mass is 408 g/mol. The Balaban J connectivity index is 1.48. The van der Waals surface area contributed by atoms with Gasteiger partial charge in [0.25, 0.3) is 0 Å². The van der Waals surface area contributed by atoms with Crippen molar-refractivity contribution < 1.29 is 14.3 Å². The fraction of sp³-hybridized carbons (Fsp3) is 0.348. The third kappa shape index (κ3) is 5.37. The zero-order chi connectivity index (χ0) is 21.3. The first-order chi connectivity index (χ1) is 14.6. The minimum absolute atomic E-state index is 0.0260. The molecule has 2 aromatic carbocycles. The van der Waals surface area contributed by atoms with Crippen LogP contribution >= 0.6 is 0 Å². The average molecular weight is 409 g/mol. The molecule has 30 heavy (non-hydrogen) atoms. The van der Waals surface area contributed by atoms with Crippen molar-refractivity contribution in [3.63, 3.8) is 0 Å². The van der Waals surface area contributed by atoms with Crippen LogP contribution in [-0.2, 0) is 4.79 Å². The molecule has 0 fully saturated rings. The van der Waals surface area contributed by atoms with Gasteiger partial charge in [0.2, 0.25) is 5.91 Å². The summed E-state index contributed by atoms with van der Waals surface area (Å²) in [7, 11) is 1.84. The van der Waals surface area contributed by atoms with Crippen molar-refractivity contribution in [3.8, 4) is 17.2 Å². The van der Waals surface area contributed by atoms with Gasteiger partial charge in [-0.05, 0) is 50.1 Å². The number of carbonyl (C=O) groups is 1. The quantitative estimate of drug-likeness (QED) is 0.474. The largest absolute Gasteiger partial charge is 0.490 e. The van der Waals surface area contributed by atoms with E-state index in [4.69, 9.17) is 9.47 Å². The number of hydrogen-bond acceptors (Lipinski definition) is 5. The number of aromatic nitrogens is 3. The van der Waals surface area contributed by atoms with Gasteiger partial charge in [0.1, 0.15) is 12.7 Å². The second-order valence-electron chi connectivity index (χ2n) is 6.94. The highest BCUT2D eigenvalue weighted by Crippen LogP contribution is 2.26. The van der Waals surface area contributed by atoms with Crippen molar-refractivity contribution in [2.24, 2.45) is 0 Å². The number of amides is 1. The molecule has 0 spiro atoms. The van der Waals surface area contributed by atoms with Gasteiger partial charge in [0.15, 0.2) is 11.5 Å². The maximum Gasteiger partial charge on any atom is 0.222 e. The van der Waals surface area contributed by atoms with Crippen molar-refractivity contribution in [1.82, 2.24) is 19.7 Å². The molecule has 1 heterocycles. The molecule has 0 saturated carbocycles. The van der Waals surface area contributed by atoms with E-state index in [0.717, 1.165) is 17.0 Å². The molecule has 0 aliphatic heterocycles. The molecule has 0 N–H and O–H groups in total. The molecule has 0 aliphatic rings. The third-order valence-electron chi connectivity index (χ3n) is 4.97. The van der Waals surface area contributed by atoms with Crippen LogP contribution in [0.4, 0.5) is 0 Å². The molecule has 1 atom stereocenters. The minimum Gasteiger partial charge on any atom is -0.490 e. The van der Waals surface area contributed by atoms with Crippen molar-refractivity contribution >= 4 is 5.91 Å². The molecule has 3 rings (SSSR count). The molecule has 0 aliphatic carbocycles. The molecule has 1 amide bonds. The van der Waals surface area contributed by atoms with Gasteiger partial charge in [-0.15, -0.1) is 0 Å². The lowest BCUT2D eigenvalue weighted by atomic mass is 10.1. The van der Waals surface area contributed by atoms with Crippen LogP contribution in [0.5, 0.6) is 11.5 Å². The molecule has 1 aromatic heterocycles. The Kier molecular flexibility index (Phi) is 7.43. The normalized spacial score (nSPS) is 11.7. The summed E-state index contributed by atoms with van der Waals surface area (Å²) in [5.74, 6) is 1.52. The molecule has 7 heteroatoms. The number of para-hydroxylation sites is 2. The summed E-state index contributed by atoms with van der Waals surface area (Å²) in [6.07, 6.45) is 4.22. The lowest BCUT2D eigenvalue weighted by Gasteiger charge is -2.25. The van der Waals surface area contributed by atoms with Crippen LogP contribution in [0.3, 0.4) is 0 Å². The van der Waals surface area contributed by atoms with Crippen molar-refractivity contribution in [3.05, 3.63) is 66.7 Å². The van der Waals surface area contributed by atoms with E-state index < -0.39 is 0 Å². The van der Waals surface area contributed by atoms with Crippen molar-refractivity contribution in [1.29, 1.82) is 0 Å². The van der Waals surface area contributed by atoms with Gasteiger partial charge in [-0.1, -0.05) is 24.3 Å². The van der Waals surface area contributed by atoms with Crippen LogP contribution in [0.15, 0.2) is 61.2 Å². The Morgan fingerprint density at radius 3 is 2.43 bits per heavy atom. The third-order valence-corrected chi connectivity index (χ3v) is 4.97. The maximum absolute atomic E-state index is 12.6. The number of ether oxygens (including phenoxy) is 2.